The van der Waals surface area contributed by atoms with E-state index in [0.29, 0.717) is 0 Å². The van der Waals surface area contributed by atoms with Gasteiger partial charge in [0.25, 0.3) is 0 Å². The Hall–Kier alpha value is -0.460. The molecule has 11 heavy (non-hydrogen) atoms. The zero-order valence-corrected chi connectivity index (χ0v) is 7.53. The van der Waals surface area contributed by atoms with Crippen LogP contribution in [0.25, 0.3) is 0 Å². The van der Waals surface area contributed by atoms with E-state index in [0.717, 1.165) is 0 Å². The van der Waals surface area contributed by atoms with Gasteiger partial charge in [-0.15, -0.1) is 0 Å². The highest BCUT2D eigenvalue weighted by Gasteiger charge is 2.01. The van der Waals surface area contributed by atoms with Crippen LogP contribution in [0.5, 0.6) is 0 Å². The Morgan fingerprint density at radius 2 is 2.36 bits per heavy atom. The van der Waals surface area contributed by atoms with Crippen molar-refractivity contribution in [2.75, 3.05) is 6.54 Å². The third kappa shape index (κ3) is 3.45. The Bertz CT molecular complexity index is 127. The van der Waals surface area contributed by atoms with Crippen LogP contribution in [0.3, 0.4) is 0 Å². The van der Waals surface area contributed by atoms with Gasteiger partial charge in [-0.3, -0.25) is 0 Å². The molecular weight excluding hydrogens is 134 g/mol. The van der Waals surface area contributed by atoms with Crippen LogP contribution in [-0.2, 0) is 0 Å². The normalized spacial score (nSPS) is 17.4. The minimum Gasteiger partial charge on any atom is -0.391 e. The van der Waals surface area contributed by atoms with E-state index >= 15 is 0 Å². The second-order valence-electron chi connectivity index (χ2n) is 3.32. The summed E-state index contributed by atoms with van der Waals surface area (Å²) in [5.41, 5.74) is 1.63. The lowest BCUT2D eigenvalue weighted by Gasteiger charge is -2.13. The summed E-state index contributed by atoms with van der Waals surface area (Å²) in [7, 11) is 0. The predicted octanol–water partition coefficient (Wildman–Crippen LogP) is 2.83. The highest BCUT2D eigenvalue weighted by molar-refractivity contribution is 5.03. The molecule has 64 valence electrons. The van der Waals surface area contributed by atoms with Crippen molar-refractivity contribution < 1.29 is 0 Å². The zero-order chi connectivity index (χ0) is 7.94. The van der Waals surface area contributed by atoms with E-state index in [1.165, 1.54) is 45.1 Å². The van der Waals surface area contributed by atoms with Gasteiger partial charge in [0.05, 0.1) is 0 Å². The summed E-state index contributed by atoms with van der Waals surface area (Å²) < 4.78 is 0. The van der Waals surface area contributed by atoms with Gasteiger partial charge in [0.2, 0.25) is 0 Å². The maximum atomic E-state index is 3.30. The molecule has 1 aliphatic rings. The molecule has 0 aromatic carbocycles. The molecule has 0 bridgehead atoms. The molecule has 1 nitrogen and oxygen atoms in total. The molecule has 0 unspecified atom stereocenters. The average molecular weight is 153 g/mol. The van der Waals surface area contributed by atoms with Gasteiger partial charge >= 0.3 is 0 Å². The first-order chi connectivity index (χ1) is 5.43. The van der Waals surface area contributed by atoms with Crippen LogP contribution in [0.2, 0.25) is 0 Å². The largest absolute Gasteiger partial charge is 0.391 e. The van der Waals surface area contributed by atoms with Gasteiger partial charge in [-0.05, 0) is 31.9 Å². The SMILES string of the molecule is CCCCCC1=CNCCC1. The van der Waals surface area contributed by atoms with E-state index in [1.54, 1.807) is 5.57 Å². The number of rotatable bonds is 4. The fourth-order valence-corrected chi connectivity index (χ4v) is 1.51. The second kappa shape index (κ2) is 5.22. The number of hydrogen-bond acceptors (Lipinski definition) is 1. The standard InChI is InChI=1S/C10H19N/c1-2-3-4-6-10-7-5-8-11-9-10/h9,11H,2-8H2,1H3. The third-order valence-corrected chi connectivity index (χ3v) is 2.23. The summed E-state index contributed by atoms with van der Waals surface area (Å²) in [6.07, 6.45) is 10.3. The van der Waals surface area contributed by atoms with Crippen molar-refractivity contribution in [3.05, 3.63) is 11.8 Å². The van der Waals surface area contributed by atoms with Gasteiger partial charge < -0.3 is 5.32 Å². The maximum Gasteiger partial charge on any atom is 0.0144 e. The van der Waals surface area contributed by atoms with Crippen LogP contribution in [0.1, 0.15) is 45.4 Å². The topological polar surface area (TPSA) is 12.0 Å². The van der Waals surface area contributed by atoms with Crippen molar-refractivity contribution in [3.8, 4) is 0 Å². The van der Waals surface area contributed by atoms with Gasteiger partial charge in [0.15, 0.2) is 0 Å². The second-order valence-corrected chi connectivity index (χ2v) is 3.32. The summed E-state index contributed by atoms with van der Waals surface area (Å²) in [4.78, 5) is 0. The van der Waals surface area contributed by atoms with Crippen LogP contribution in [0.15, 0.2) is 11.8 Å². The molecular formula is C10H19N. The minimum atomic E-state index is 1.18. The number of nitrogens with one attached hydrogen (secondary N) is 1. The average Bonchev–Trinajstić information content (AvgIpc) is 2.07. The Morgan fingerprint density at radius 3 is 3.00 bits per heavy atom. The fourth-order valence-electron chi connectivity index (χ4n) is 1.51. The van der Waals surface area contributed by atoms with E-state index in [1.807, 2.05) is 0 Å². The van der Waals surface area contributed by atoms with Crippen LogP contribution in [0.4, 0.5) is 0 Å². The van der Waals surface area contributed by atoms with E-state index in [-0.39, 0.29) is 0 Å². The summed E-state index contributed by atoms with van der Waals surface area (Å²) in [5.74, 6) is 0. The molecule has 0 aromatic rings. The first-order valence-corrected chi connectivity index (χ1v) is 4.85. The molecule has 0 aliphatic carbocycles. The van der Waals surface area contributed by atoms with Crippen molar-refractivity contribution >= 4 is 0 Å². The molecule has 1 aliphatic heterocycles. The van der Waals surface area contributed by atoms with Gasteiger partial charge in [-0.2, -0.15) is 0 Å². The lowest BCUT2D eigenvalue weighted by Crippen LogP contribution is -2.13. The highest BCUT2D eigenvalue weighted by Crippen LogP contribution is 2.15. The number of allylic oxidation sites excluding steroid dienone is 1. The molecule has 0 spiro atoms. The van der Waals surface area contributed by atoms with E-state index < -0.39 is 0 Å². The molecule has 1 N–H and O–H groups in total. The smallest absolute Gasteiger partial charge is 0.0144 e. The molecule has 0 amide bonds. The van der Waals surface area contributed by atoms with Gasteiger partial charge in [0, 0.05) is 6.54 Å². The molecule has 0 saturated carbocycles. The molecule has 0 atom stereocenters. The van der Waals surface area contributed by atoms with Crippen molar-refractivity contribution in [1.29, 1.82) is 0 Å². The quantitative estimate of drug-likeness (QED) is 0.612. The first-order valence-electron chi connectivity index (χ1n) is 4.85. The highest BCUT2D eigenvalue weighted by atomic mass is 14.8. The molecule has 1 heteroatoms. The molecule has 0 radical (unpaired) electrons. The maximum absolute atomic E-state index is 3.30. The van der Waals surface area contributed by atoms with Crippen molar-refractivity contribution in [2.45, 2.75) is 45.4 Å². The Balaban J connectivity index is 2.09. The lowest BCUT2D eigenvalue weighted by molar-refractivity contribution is 0.637. The van der Waals surface area contributed by atoms with E-state index in [4.69, 9.17) is 0 Å². The number of hydrogen-bond donors (Lipinski definition) is 1. The predicted molar refractivity (Wildman–Crippen MR) is 49.5 cm³/mol. The number of unbranched alkanes of at least 4 members (excludes halogenated alkanes) is 2. The van der Waals surface area contributed by atoms with Crippen LogP contribution >= 0.6 is 0 Å². The van der Waals surface area contributed by atoms with Crippen LogP contribution in [0, 0.1) is 0 Å². The fraction of sp³-hybridized carbons (Fsp3) is 0.800. The molecule has 0 saturated heterocycles. The van der Waals surface area contributed by atoms with Gasteiger partial charge in [0.1, 0.15) is 0 Å². The van der Waals surface area contributed by atoms with Crippen LogP contribution in [-0.4, -0.2) is 6.54 Å². The summed E-state index contributed by atoms with van der Waals surface area (Å²) in [5, 5.41) is 3.30. The lowest BCUT2D eigenvalue weighted by atomic mass is 10.0. The van der Waals surface area contributed by atoms with Gasteiger partial charge in [-0.25, -0.2) is 0 Å². The van der Waals surface area contributed by atoms with Crippen molar-refractivity contribution in [3.63, 3.8) is 0 Å². The minimum absolute atomic E-state index is 1.18. The van der Waals surface area contributed by atoms with E-state index in [2.05, 4.69) is 18.4 Å². The van der Waals surface area contributed by atoms with Crippen molar-refractivity contribution in [2.24, 2.45) is 0 Å². The molecule has 0 aromatic heterocycles. The molecule has 0 fully saturated rings. The van der Waals surface area contributed by atoms with E-state index in [9.17, 15) is 0 Å². The zero-order valence-electron chi connectivity index (χ0n) is 7.53. The first kappa shape index (κ1) is 8.63. The van der Waals surface area contributed by atoms with Crippen molar-refractivity contribution in [1.82, 2.24) is 5.32 Å². The molecule has 1 rings (SSSR count). The summed E-state index contributed by atoms with van der Waals surface area (Å²) in [6, 6.07) is 0. The third-order valence-electron chi connectivity index (χ3n) is 2.23. The summed E-state index contributed by atoms with van der Waals surface area (Å²) in [6.45, 7) is 3.44. The summed E-state index contributed by atoms with van der Waals surface area (Å²) >= 11 is 0. The monoisotopic (exact) mass is 153 g/mol. The Kier molecular flexibility index (Phi) is 4.10. The van der Waals surface area contributed by atoms with Crippen LogP contribution < -0.4 is 5.32 Å². The van der Waals surface area contributed by atoms with Gasteiger partial charge in [-0.1, -0.05) is 25.3 Å². The Morgan fingerprint density at radius 1 is 1.45 bits per heavy atom. The Labute approximate surface area is 69.9 Å². The molecule has 1 heterocycles.